The fourth-order valence-corrected chi connectivity index (χ4v) is 4.28. The molecule has 0 aliphatic carbocycles. The number of halogens is 4. The van der Waals surface area contributed by atoms with Gasteiger partial charge in [-0.2, -0.15) is 5.10 Å². The van der Waals surface area contributed by atoms with Gasteiger partial charge in [-0.15, -0.1) is 18.3 Å². The van der Waals surface area contributed by atoms with Crippen LogP contribution >= 0.6 is 23.8 Å². The molecule has 4 rings (SSSR count). The fraction of sp³-hybridized carbons (Fsp3) is 0.214. The highest BCUT2D eigenvalue weighted by molar-refractivity contribution is 7.80. The van der Waals surface area contributed by atoms with Crippen molar-refractivity contribution in [3.8, 4) is 22.8 Å². The highest BCUT2D eigenvalue weighted by Crippen LogP contribution is 2.27. The van der Waals surface area contributed by atoms with Crippen molar-refractivity contribution in [2.24, 2.45) is 5.10 Å². The van der Waals surface area contributed by atoms with Crippen molar-refractivity contribution < 1.29 is 17.9 Å². The Balaban J connectivity index is 1.45. The smallest absolute Gasteiger partial charge is 0.406 e. The van der Waals surface area contributed by atoms with E-state index in [-0.39, 0.29) is 5.75 Å². The zero-order valence-corrected chi connectivity index (χ0v) is 23.4. The molecule has 0 fully saturated rings. The molecule has 0 saturated carbocycles. The van der Waals surface area contributed by atoms with Gasteiger partial charge < -0.3 is 10.1 Å². The lowest BCUT2D eigenvalue weighted by Crippen LogP contribution is -2.24. The van der Waals surface area contributed by atoms with Crippen LogP contribution in [0.3, 0.4) is 0 Å². The van der Waals surface area contributed by atoms with Crippen molar-refractivity contribution in [1.29, 1.82) is 0 Å². The summed E-state index contributed by atoms with van der Waals surface area (Å²) in [7, 11) is 0. The maximum absolute atomic E-state index is 12.5. The average Bonchev–Trinajstić information content (AvgIpc) is 3.34. The van der Waals surface area contributed by atoms with Gasteiger partial charge in [-0.1, -0.05) is 62.7 Å². The van der Waals surface area contributed by atoms with Gasteiger partial charge >= 0.3 is 6.36 Å². The summed E-state index contributed by atoms with van der Waals surface area (Å²) >= 11 is 11.9. The van der Waals surface area contributed by atoms with Gasteiger partial charge in [-0.25, -0.2) is 9.67 Å². The van der Waals surface area contributed by atoms with Crippen LogP contribution in [0.5, 0.6) is 5.75 Å². The number of nitrogens with one attached hydrogen (secondary N) is 2. The summed E-state index contributed by atoms with van der Waals surface area (Å²) in [5.74, 6) is 1.07. The molecule has 0 spiro atoms. The Morgan fingerprint density at radius 2 is 1.85 bits per heavy atom. The molecule has 40 heavy (non-hydrogen) atoms. The monoisotopic (exact) mass is 586 g/mol. The largest absolute Gasteiger partial charge is 0.573 e. The average molecular weight is 587 g/mol. The molecule has 4 aromatic rings. The van der Waals surface area contributed by atoms with Gasteiger partial charge in [0.1, 0.15) is 11.6 Å². The van der Waals surface area contributed by atoms with Crippen LogP contribution in [0.4, 0.5) is 18.9 Å². The number of ether oxygens (including phenoxy) is 1. The molecular formula is C28H26ClF3N6OS. The van der Waals surface area contributed by atoms with Gasteiger partial charge in [-0.05, 0) is 60.1 Å². The summed E-state index contributed by atoms with van der Waals surface area (Å²) < 4.78 is 42.9. The highest BCUT2D eigenvalue weighted by Gasteiger charge is 2.31. The van der Waals surface area contributed by atoms with E-state index in [4.69, 9.17) is 23.8 Å². The van der Waals surface area contributed by atoms with Gasteiger partial charge in [-0.3, -0.25) is 5.43 Å². The molecule has 7 nitrogen and oxygen atoms in total. The summed E-state index contributed by atoms with van der Waals surface area (Å²) in [5.41, 5.74) is 6.73. The second kappa shape index (κ2) is 12.5. The van der Waals surface area contributed by atoms with Crippen molar-refractivity contribution in [3.63, 3.8) is 0 Å². The third-order valence-corrected chi connectivity index (χ3v) is 6.29. The van der Waals surface area contributed by atoms with E-state index in [1.54, 1.807) is 23.0 Å². The number of anilines is 1. The zero-order chi connectivity index (χ0) is 28.9. The third-order valence-electron chi connectivity index (χ3n) is 5.76. The maximum Gasteiger partial charge on any atom is 0.573 e. The quantitative estimate of drug-likeness (QED) is 0.127. The lowest BCUT2D eigenvalue weighted by Gasteiger charge is -2.14. The van der Waals surface area contributed by atoms with Crippen LogP contribution in [0.1, 0.15) is 43.6 Å². The van der Waals surface area contributed by atoms with Crippen molar-refractivity contribution in [3.05, 3.63) is 88.7 Å². The number of thiocarbonyl (C=S) groups is 1. The topological polar surface area (TPSA) is 76.4 Å². The van der Waals surface area contributed by atoms with Crippen LogP contribution in [0, 0.1) is 0 Å². The Kier molecular flexibility index (Phi) is 9.06. The van der Waals surface area contributed by atoms with Gasteiger partial charge in [0.15, 0.2) is 10.9 Å². The predicted octanol–water partition coefficient (Wildman–Crippen LogP) is 7.49. The van der Waals surface area contributed by atoms with Crippen molar-refractivity contribution in [2.75, 3.05) is 5.32 Å². The molecule has 0 saturated heterocycles. The molecule has 12 heteroatoms. The number of alkyl halides is 3. The van der Waals surface area contributed by atoms with E-state index in [0.717, 1.165) is 11.3 Å². The molecule has 0 unspecified atom stereocenters. The predicted molar refractivity (Wildman–Crippen MR) is 155 cm³/mol. The van der Waals surface area contributed by atoms with E-state index >= 15 is 0 Å². The number of benzene rings is 3. The lowest BCUT2D eigenvalue weighted by atomic mass is 10.0. The highest BCUT2D eigenvalue weighted by atomic mass is 35.5. The molecule has 0 aliphatic rings. The molecule has 0 radical (unpaired) electrons. The Bertz CT molecular complexity index is 1520. The first-order valence-corrected chi connectivity index (χ1v) is 13.1. The van der Waals surface area contributed by atoms with Gasteiger partial charge in [0.25, 0.3) is 0 Å². The normalized spacial score (nSPS) is 11.7. The van der Waals surface area contributed by atoms with E-state index in [9.17, 15) is 13.2 Å². The first kappa shape index (κ1) is 29.0. The minimum atomic E-state index is -4.76. The summed E-state index contributed by atoms with van der Waals surface area (Å²) in [6.07, 6.45) is -2.65. The second-order valence-corrected chi connectivity index (χ2v) is 9.78. The first-order chi connectivity index (χ1) is 19.0. The Morgan fingerprint density at radius 3 is 2.50 bits per heavy atom. The molecule has 0 aliphatic heterocycles. The minimum absolute atomic E-state index is 0.315. The number of nitrogens with zero attached hydrogens (tertiary/aromatic N) is 4. The summed E-state index contributed by atoms with van der Waals surface area (Å²) in [6, 6.07) is 18.7. The Labute approximate surface area is 240 Å². The minimum Gasteiger partial charge on any atom is -0.406 e. The van der Waals surface area contributed by atoms with Gasteiger partial charge in [0, 0.05) is 23.2 Å². The molecule has 1 aromatic heterocycles. The van der Waals surface area contributed by atoms with Crippen molar-refractivity contribution >= 4 is 40.8 Å². The summed E-state index contributed by atoms with van der Waals surface area (Å²) in [4.78, 5) is 4.58. The van der Waals surface area contributed by atoms with E-state index in [1.165, 1.54) is 24.3 Å². The molecular weight excluding hydrogens is 561 g/mol. The zero-order valence-electron chi connectivity index (χ0n) is 21.8. The van der Waals surface area contributed by atoms with Crippen molar-refractivity contribution in [2.45, 2.75) is 39.5 Å². The number of rotatable bonds is 8. The summed E-state index contributed by atoms with van der Waals surface area (Å²) in [5, 5.41) is 12.7. The van der Waals surface area contributed by atoms with Crippen LogP contribution in [-0.2, 0) is 6.42 Å². The molecule has 1 heterocycles. The molecule has 0 atom stereocenters. The molecule has 0 bridgehead atoms. The summed E-state index contributed by atoms with van der Waals surface area (Å²) in [6.45, 7) is 6.13. The van der Waals surface area contributed by atoms with Gasteiger partial charge in [0.2, 0.25) is 0 Å². The number of para-hydroxylation sites is 1. The number of hydrazone groups is 1. The number of hydrogen-bond donors (Lipinski definition) is 2. The first-order valence-electron chi connectivity index (χ1n) is 12.3. The Hall–Kier alpha value is -3.96. The van der Waals surface area contributed by atoms with Crippen molar-refractivity contribution in [1.82, 2.24) is 20.2 Å². The number of hydrogen-bond acceptors (Lipinski definition) is 5. The van der Waals surface area contributed by atoms with E-state index in [0.29, 0.717) is 50.9 Å². The van der Waals surface area contributed by atoms with Crippen LogP contribution in [0.2, 0.25) is 5.02 Å². The fourth-order valence-electron chi connectivity index (χ4n) is 3.89. The van der Waals surface area contributed by atoms with E-state index < -0.39 is 6.36 Å². The number of aryl methyl sites for hydroxylation is 1. The SMILES string of the molecule is CCc1nc(-c2ccc(/C=N/NC(=S)Nc3ccccc3C(C)C)c(Cl)c2)nn1-c1ccc(OC(F)(F)F)cc1. The van der Waals surface area contributed by atoms with E-state index in [1.807, 2.05) is 37.3 Å². The second-order valence-electron chi connectivity index (χ2n) is 8.96. The van der Waals surface area contributed by atoms with Gasteiger partial charge in [0.05, 0.1) is 16.9 Å². The van der Waals surface area contributed by atoms with Crippen LogP contribution in [0.15, 0.2) is 71.8 Å². The molecule has 208 valence electrons. The lowest BCUT2D eigenvalue weighted by molar-refractivity contribution is -0.274. The van der Waals surface area contributed by atoms with E-state index in [2.05, 4.69) is 44.5 Å². The number of aromatic nitrogens is 3. The molecule has 3 aromatic carbocycles. The maximum atomic E-state index is 12.5. The third kappa shape index (κ3) is 7.36. The Morgan fingerprint density at radius 1 is 1.12 bits per heavy atom. The van der Waals surface area contributed by atoms with Crippen LogP contribution < -0.4 is 15.5 Å². The molecule has 2 N–H and O–H groups in total. The van der Waals surface area contributed by atoms with Crippen LogP contribution in [0.25, 0.3) is 17.1 Å². The standard InChI is InChI=1S/C28H26ClF3N6OS/c1-4-25-35-26(37-38(25)20-11-13-21(14-12-20)39-28(30,31)32)18-9-10-19(23(29)15-18)16-33-36-27(40)34-24-8-6-5-7-22(24)17(2)3/h5-17H,4H2,1-3H3,(H2,34,36,40)/b33-16+. The molecule has 0 amide bonds. The van der Waals surface area contributed by atoms with Crippen LogP contribution in [-0.4, -0.2) is 32.5 Å².